The van der Waals surface area contributed by atoms with E-state index in [1.165, 1.54) is 18.9 Å². The van der Waals surface area contributed by atoms with Crippen molar-refractivity contribution in [1.29, 1.82) is 0 Å². The molecule has 0 aliphatic carbocycles. The lowest BCUT2D eigenvalue weighted by atomic mass is 10.5. The average Bonchev–Trinajstić information content (AvgIpc) is 2.19. The lowest BCUT2D eigenvalue weighted by Gasteiger charge is -1.83. The SMILES string of the molecule is OC[CH]c1ncco1. The van der Waals surface area contributed by atoms with E-state index in [1.807, 2.05) is 0 Å². The van der Waals surface area contributed by atoms with Gasteiger partial charge in [-0.3, -0.25) is 0 Å². The van der Waals surface area contributed by atoms with Gasteiger partial charge < -0.3 is 9.52 Å². The van der Waals surface area contributed by atoms with Crippen LogP contribution in [0.25, 0.3) is 0 Å². The minimum atomic E-state index is -0.0273. The molecule has 1 aromatic rings. The van der Waals surface area contributed by atoms with Crippen LogP contribution in [0.15, 0.2) is 16.9 Å². The van der Waals surface area contributed by atoms with Gasteiger partial charge in [-0.25, -0.2) is 4.98 Å². The van der Waals surface area contributed by atoms with Crippen molar-refractivity contribution in [2.75, 3.05) is 6.61 Å². The highest BCUT2D eigenvalue weighted by Gasteiger charge is 1.92. The lowest BCUT2D eigenvalue weighted by Crippen LogP contribution is -1.84. The molecule has 0 saturated carbocycles. The second kappa shape index (κ2) is 2.47. The van der Waals surface area contributed by atoms with Gasteiger partial charge >= 0.3 is 0 Å². The van der Waals surface area contributed by atoms with Crippen LogP contribution in [0.2, 0.25) is 0 Å². The van der Waals surface area contributed by atoms with Crippen molar-refractivity contribution in [3.63, 3.8) is 0 Å². The van der Waals surface area contributed by atoms with E-state index in [2.05, 4.69) is 4.98 Å². The number of oxazole rings is 1. The van der Waals surface area contributed by atoms with Crippen molar-refractivity contribution >= 4 is 0 Å². The summed E-state index contributed by atoms with van der Waals surface area (Å²) in [5, 5.41) is 8.28. The summed E-state index contributed by atoms with van der Waals surface area (Å²) in [6.07, 6.45) is 4.48. The van der Waals surface area contributed by atoms with Crippen LogP contribution < -0.4 is 0 Å². The minimum absolute atomic E-state index is 0.0273. The number of aliphatic hydroxyl groups is 1. The maximum atomic E-state index is 8.28. The van der Waals surface area contributed by atoms with E-state index in [-0.39, 0.29) is 6.61 Å². The van der Waals surface area contributed by atoms with Crippen LogP contribution in [-0.2, 0) is 0 Å². The van der Waals surface area contributed by atoms with Crippen LogP contribution in [0.1, 0.15) is 5.89 Å². The molecule has 0 amide bonds. The fourth-order valence-corrected chi connectivity index (χ4v) is 0.413. The third-order valence-electron chi connectivity index (χ3n) is 0.717. The first-order valence-electron chi connectivity index (χ1n) is 2.27. The van der Waals surface area contributed by atoms with Crippen molar-refractivity contribution in [1.82, 2.24) is 4.98 Å². The molecule has 1 rings (SSSR count). The normalized spacial score (nSPS) is 9.62. The predicted octanol–water partition coefficient (Wildman–Crippen LogP) is 0.219. The van der Waals surface area contributed by atoms with Crippen molar-refractivity contribution < 1.29 is 9.52 Å². The Morgan fingerprint density at radius 3 is 3.25 bits per heavy atom. The Balaban J connectivity index is 2.50. The summed E-state index contributed by atoms with van der Waals surface area (Å²) in [6, 6.07) is 0. The largest absolute Gasteiger partial charge is 0.449 e. The number of rotatable bonds is 2. The second-order valence-electron chi connectivity index (χ2n) is 1.26. The van der Waals surface area contributed by atoms with Crippen LogP contribution >= 0.6 is 0 Å². The maximum absolute atomic E-state index is 8.28. The standard InChI is InChI=1S/C5H6NO2/c7-3-1-5-6-2-4-8-5/h1-2,4,7H,3H2. The van der Waals surface area contributed by atoms with Gasteiger partial charge in [-0.15, -0.1) is 0 Å². The van der Waals surface area contributed by atoms with E-state index >= 15 is 0 Å². The van der Waals surface area contributed by atoms with Gasteiger partial charge in [-0.1, -0.05) is 0 Å². The zero-order valence-corrected chi connectivity index (χ0v) is 4.24. The summed E-state index contributed by atoms with van der Waals surface area (Å²) in [5.74, 6) is 0.465. The molecule has 1 N–H and O–H groups in total. The van der Waals surface area contributed by atoms with Crippen LogP contribution in [-0.4, -0.2) is 16.7 Å². The molecule has 1 aromatic heterocycles. The maximum Gasteiger partial charge on any atom is 0.200 e. The first-order chi connectivity index (χ1) is 3.93. The zero-order chi connectivity index (χ0) is 5.82. The topological polar surface area (TPSA) is 46.3 Å². The molecule has 0 spiro atoms. The summed E-state index contributed by atoms with van der Waals surface area (Å²) < 4.78 is 4.75. The average molecular weight is 112 g/mol. The number of hydrogen-bond donors (Lipinski definition) is 1. The Labute approximate surface area is 47.0 Å². The highest BCUT2D eigenvalue weighted by Crippen LogP contribution is 1.95. The lowest BCUT2D eigenvalue weighted by molar-refractivity contribution is 0.323. The first-order valence-corrected chi connectivity index (χ1v) is 2.27. The van der Waals surface area contributed by atoms with Gasteiger partial charge in [0.05, 0.1) is 19.2 Å². The number of aromatic nitrogens is 1. The van der Waals surface area contributed by atoms with Gasteiger partial charge in [0.15, 0.2) is 5.89 Å². The molecular weight excluding hydrogens is 106 g/mol. The van der Waals surface area contributed by atoms with E-state index in [1.54, 1.807) is 0 Å². The zero-order valence-electron chi connectivity index (χ0n) is 4.24. The van der Waals surface area contributed by atoms with E-state index < -0.39 is 0 Å². The van der Waals surface area contributed by atoms with Gasteiger partial charge in [-0.2, -0.15) is 0 Å². The van der Waals surface area contributed by atoms with Crippen molar-refractivity contribution in [3.8, 4) is 0 Å². The summed E-state index contributed by atoms with van der Waals surface area (Å²) in [7, 11) is 0. The molecular formula is C5H6NO2. The molecule has 1 radical (unpaired) electrons. The van der Waals surface area contributed by atoms with E-state index in [9.17, 15) is 0 Å². The summed E-state index contributed by atoms with van der Waals surface area (Å²) in [4.78, 5) is 3.72. The molecule has 1 heterocycles. The number of hydrogen-bond acceptors (Lipinski definition) is 3. The predicted molar refractivity (Wildman–Crippen MR) is 27.0 cm³/mol. The van der Waals surface area contributed by atoms with Crippen molar-refractivity contribution in [2.45, 2.75) is 0 Å². The highest BCUT2D eigenvalue weighted by atomic mass is 16.3. The molecule has 0 saturated heterocycles. The molecule has 3 nitrogen and oxygen atoms in total. The number of aliphatic hydroxyl groups excluding tert-OH is 1. The van der Waals surface area contributed by atoms with E-state index in [0.717, 1.165) is 0 Å². The Bertz CT molecular complexity index is 136. The molecule has 0 aliphatic heterocycles. The third-order valence-corrected chi connectivity index (χ3v) is 0.717. The third kappa shape index (κ3) is 1.07. The highest BCUT2D eigenvalue weighted by molar-refractivity contribution is 4.94. The number of nitrogens with zero attached hydrogens (tertiary/aromatic N) is 1. The van der Waals surface area contributed by atoms with E-state index in [0.29, 0.717) is 5.89 Å². The Kier molecular flexibility index (Phi) is 1.64. The van der Waals surface area contributed by atoms with Gasteiger partial charge in [0, 0.05) is 0 Å². The fourth-order valence-electron chi connectivity index (χ4n) is 0.413. The monoisotopic (exact) mass is 112 g/mol. The molecule has 0 aromatic carbocycles. The van der Waals surface area contributed by atoms with Crippen molar-refractivity contribution in [3.05, 3.63) is 24.8 Å². The van der Waals surface area contributed by atoms with E-state index in [4.69, 9.17) is 9.52 Å². The quantitative estimate of drug-likeness (QED) is 0.595. The van der Waals surface area contributed by atoms with Crippen molar-refractivity contribution in [2.24, 2.45) is 0 Å². The van der Waals surface area contributed by atoms with Crippen LogP contribution in [0.5, 0.6) is 0 Å². The Morgan fingerprint density at radius 1 is 1.88 bits per heavy atom. The molecule has 0 aliphatic rings. The first kappa shape index (κ1) is 5.31. The molecule has 0 unspecified atom stereocenters. The molecule has 43 valence electrons. The summed E-state index contributed by atoms with van der Waals surface area (Å²) in [5.41, 5.74) is 0. The smallest absolute Gasteiger partial charge is 0.200 e. The molecule has 3 heteroatoms. The summed E-state index contributed by atoms with van der Waals surface area (Å²) in [6.45, 7) is -0.0273. The fraction of sp³-hybridized carbons (Fsp3) is 0.200. The molecule has 8 heavy (non-hydrogen) atoms. The summed E-state index contributed by atoms with van der Waals surface area (Å²) >= 11 is 0. The van der Waals surface area contributed by atoms with Crippen LogP contribution in [0.3, 0.4) is 0 Å². The minimum Gasteiger partial charge on any atom is -0.449 e. The molecule has 0 bridgehead atoms. The Hall–Kier alpha value is -0.830. The van der Waals surface area contributed by atoms with Gasteiger partial charge in [0.25, 0.3) is 0 Å². The van der Waals surface area contributed by atoms with Crippen LogP contribution in [0.4, 0.5) is 0 Å². The van der Waals surface area contributed by atoms with Gasteiger partial charge in [0.2, 0.25) is 0 Å². The second-order valence-corrected chi connectivity index (χ2v) is 1.26. The molecule has 0 atom stereocenters. The van der Waals surface area contributed by atoms with Gasteiger partial charge in [0.1, 0.15) is 6.26 Å². The van der Waals surface area contributed by atoms with Gasteiger partial charge in [-0.05, 0) is 0 Å². The molecule has 0 fully saturated rings. The van der Waals surface area contributed by atoms with Crippen LogP contribution in [0, 0.1) is 6.42 Å². The Morgan fingerprint density at radius 2 is 2.75 bits per heavy atom.